The van der Waals surface area contributed by atoms with E-state index in [0.29, 0.717) is 13.0 Å². The Balaban J connectivity index is 1.84. The number of likely N-dealkylation sites (N-methyl/N-ethyl adjacent to an activating group) is 1. The summed E-state index contributed by atoms with van der Waals surface area (Å²) in [5.74, 6) is -0.205. The number of carbonyl (C=O) groups excluding carboxylic acids is 1. The van der Waals surface area contributed by atoms with Gasteiger partial charge in [-0.25, -0.2) is 0 Å². The van der Waals surface area contributed by atoms with E-state index in [0.717, 1.165) is 17.8 Å². The van der Waals surface area contributed by atoms with Gasteiger partial charge in [0.1, 0.15) is 0 Å². The summed E-state index contributed by atoms with van der Waals surface area (Å²) >= 11 is 0. The number of hydrogen-bond acceptors (Lipinski definition) is 3. The first-order valence-corrected chi connectivity index (χ1v) is 7.41. The second-order valence-electron chi connectivity index (χ2n) is 5.32. The fraction of sp³-hybridized carbons (Fsp3) is 0.294. The number of carbonyl (C=O) groups is 1. The molecular weight excluding hydrogens is 319 g/mol. The molecule has 0 unspecified atom stereocenters. The van der Waals surface area contributed by atoms with E-state index in [-0.39, 0.29) is 18.1 Å². The second-order valence-corrected chi connectivity index (χ2v) is 5.32. The van der Waals surface area contributed by atoms with E-state index in [1.165, 1.54) is 17.0 Å². The van der Waals surface area contributed by atoms with Crippen LogP contribution >= 0.6 is 0 Å². The molecule has 1 aromatic carbocycles. The molecule has 24 heavy (non-hydrogen) atoms. The number of benzene rings is 1. The van der Waals surface area contributed by atoms with E-state index in [9.17, 15) is 18.0 Å². The third-order valence-electron chi connectivity index (χ3n) is 3.49. The highest BCUT2D eigenvalue weighted by Crippen LogP contribution is 2.30. The minimum absolute atomic E-state index is 0.0694. The van der Waals surface area contributed by atoms with Crippen molar-refractivity contribution >= 4 is 11.6 Å². The van der Waals surface area contributed by atoms with E-state index in [4.69, 9.17) is 0 Å². The Bertz CT molecular complexity index is 674. The molecule has 0 aliphatic rings. The summed E-state index contributed by atoms with van der Waals surface area (Å²) in [6.45, 7) is 0.417. The summed E-state index contributed by atoms with van der Waals surface area (Å²) in [5, 5.41) is 2.73. The van der Waals surface area contributed by atoms with Gasteiger partial charge in [0, 0.05) is 37.6 Å². The number of halogens is 3. The SMILES string of the molecule is CN(CCc1ccccn1)C(=O)CNc1cccc(C(F)(F)F)c1. The van der Waals surface area contributed by atoms with Crippen LogP contribution in [0.25, 0.3) is 0 Å². The van der Waals surface area contributed by atoms with Gasteiger partial charge in [0.15, 0.2) is 0 Å². The third kappa shape index (κ3) is 5.26. The van der Waals surface area contributed by atoms with Gasteiger partial charge in [-0.3, -0.25) is 9.78 Å². The third-order valence-corrected chi connectivity index (χ3v) is 3.49. The van der Waals surface area contributed by atoms with E-state index in [2.05, 4.69) is 10.3 Å². The molecule has 1 heterocycles. The molecule has 0 atom stereocenters. The highest BCUT2D eigenvalue weighted by atomic mass is 19.4. The quantitative estimate of drug-likeness (QED) is 0.880. The fourth-order valence-corrected chi connectivity index (χ4v) is 2.07. The molecule has 2 rings (SSSR count). The van der Waals surface area contributed by atoms with E-state index in [1.54, 1.807) is 13.2 Å². The van der Waals surface area contributed by atoms with Crippen molar-refractivity contribution in [1.82, 2.24) is 9.88 Å². The summed E-state index contributed by atoms with van der Waals surface area (Å²) < 4.78 is 37.9. The van der Waals surface area contributed by atoms with Crippen LogP contribution in [0.2, 0.25) is 0 Å². The molecule has 0 aliphatic carbocycles. The minimum Gasteiger partial charge on any atom is -0.376 e. The number of amides is 1. The van der Waals surface area contributed by atoms with E-state index < -0.39 is 11.7 Å². The lowest BCUT2D eigenvalue weighted by molar-refractivity contribution is -0.137. The molecule has 128 valence electrons. The normalized spacial score (nSPS) is 11.2. The van der Waals surface area contributed by atoms with Crippen molar-refractivity contribution in [3.8, 4) is 0 Å². The first-order valence-electron chi connectivity index (χ1n) is 7.41. The lowest BCUT2D eigenvalue weighted by Crippen LogP contribution is -2.33. The van der Waals surface area contributed by atoms with Crippen LogP contribution in [0.5, 0.6) is 0 Å². The zero-order valence-electron chi connectivity index (χ0n) is 13.2. The number of rotatable bonds is 6. The first-order chi connectivity index (χ1) is 11.4. The number of nitrogens with zero attached hydrogens (tertiary/aromatic N) is 2. The zero-order chi connectivity index (χ0) is 17.6. The van der Waals surface area contributed by atoms with E-state index >= 15 is 0 Å². The maximum atomic E-state index is 12.6. The van der Waals surface area contributed by atoms with Crippen LogP contribution in [0.15, 0.2) is 48.7 Å². The monoisotopic (exact) mass is 337 g/mol. The van der Waals surface area contributed by atoms with Gasteiger partial charge in [-0.05, 0) is 30.3 Å². The number of anilines is 1. The molecule has 1 N–H and O–H groups in total. The lowest BCUT2D eigenvalue weighted by atomic mass is 10.2. The molecule has 0 saturated heterocycles. The predicted octanol–water partition coefficient (Wildman–Crippen LogP) is 3.21. The van der Waals surface area contributed by atoms with E-state index in [1.807, 2.05) is 18.2 Å². The van der Waals surface area contributed by atoms with Gasteiger partial charge < -0.3 is 10.2 Å². The number of pyridine rings is 1. The molecule has 0 fully saturated rings. The van der Waals surface area contributed by atoms with Gasteiger partial charge in [0.25, 0.3) is 0 Å². The van der Waals surface area contributed by atoms with Crippen molar-refractivity contribution in [3.63, 3.8) is 0 Å². The van der Waals surface area contributed by atoms with Crippen molar-refractivity contribution in [2.75, 3.05) is 25.5 Å². The van der Waals surface area contributed by atoms with Crippen molar-refractivity contribution in [3.05, 3.63) is 59.9 Å². The van der Waals surface area contributed by atoms with Crippen molar-refractivity contribution < 1.29 is 18.0 Å². The molecule has 0 saturated carbocycles. The standard InChI is InChI=1S/C17H18F3N3O/c1-23(10-8-14-6-2-3-9-21-14)16(24)12-22-15-7-4-5-13(11-15)17(18,19)20/h2-7,9,11,22H,8,10,12H2,1H3. The van der Waals surface area contributed by atoms with Crippen LogP contribution in [0, 0.1) is 0 Å². The Morgan fingerprint density at radius 3 is 2.67 bits per heavy atom. The van der Waals surface area contributed by atoms with Gasteiger partial charge in [0.2, 0.25) is 5.91 Å². The van der Waals surface area contributed by atoms with Crippen LogP contribution in [0.4, 0.5) is 18.9 Å². The average molecular weight is 337 g/mol. The summed E-state index contributed by atoms with van der Waals surface area (Å²) in [4.78, 5) is 17.7. The lowest BCUT2D eigenvalue weighted by Gasteiger charge is -2.18. The molecule has 0 aliphatic heterocycles. The minimum atomic E-state index is -4.40. The topological polar surface area (TPSA) is 45.2 Å². The molecular formula is C17H18F3N3O. The van der Waals surface area contributed by atoms with Crippen LogP contribution in [-0.2, 0) is 17.4 Å². The summed E-state index contributed by atoms with van der Waals surface area (Å²) in [7, 11) is 1.65. The first kappa shape index (κ1) is 17.8. The maximum Gasteiger partial charge on any atom is 0.416 e. The van der Waals surface area contributed by atoms with Crippen molar-refractivity contribution in [2.24, 2.45) is 0 Å². The molecule has 0 spiro atoms. The Hall–Kier alpha value is -2.57. The van der Waals surface area contributed by atoms with Gasteiger partial charge in [-0.15, -0.1) is 0 Å². The Labute approximate surface area is 138 Å². The maximum absolute atomic E-state index is 12.6. The molecule has 2 aromatic rings. The molecule has 1 amide bonds. The fourth-order valence-electron chi connectivity index (χ4n) is 2.07. The van der Waals surface area contributed by atoms with Gasteiger partial charge in [-0.2, -0.15) is 13.2 Å². The Kier molecular flexibility index (Phi) is 5.78. The van der Waals surface area contributed by atoms with Crippen LogP contribution in [-0.4, -0.2) is 35.9 Å². The van der Waals surface area contributed by atoms with Gasteiger partial charge >= 0.3 is 6.18 Å². The highest BCUT2D eigenvalue weighted by Gasteiger charge is 2.30. The number of nitrogens with one attached hydrogen (secondary N) is 1. The number of hydrogen-bond donors (Lipinski definition) is 1. The van der Waals surface area contributed by atoms with Crippen molar-refractivity contribution in [1.29, 1.82) is 0 Å². The Morgan fingerprint density at radius 1 is 1.21 bits per heavy atom. The molecule has 4 nitrogen and oxygen atoms in total. The second kappa shape index (κ2) is 7.81. The average Bonchev–Trinajstić information content (AvgIpc) is 2.58. The molecule has 0 radical (unpaired) electrons. The molecule has 1 aromatic heterocycles. The predicted molar refractivity (Wildman–Crippen MR) is 85.5 cm³/mol. The van der Waals surface area contributed by atoms with Crippen LogP contribution in [0.1, 0.15) is 11.3 Å². The van der Waals surface area contributed by atoms with Crippen LogP contribution in [0.3, 0.4) is 0 Å². The Morgan fingerprint density at radius 2 is 2.00 bits per heavy atom. The highest BCUT2D eigenvalue weighted by molar-refractivity contribution is 5.80. The summed E-state index contributed by atoms with van der Waals surface area (Å²) in [6, 6.07) is 10.3. The van der Waals surface area contributed by atoms with Gasteiger partial charge in [-0.1, -0.05) is 12.1 Å². The largest absolute Gasteiger partial charge is 0.416 e. The van der Waals surface area contributed by atoms with Crippen molar-refractivity contribution in [2.45, 2.75) is 12.6 Å². The number of alkyl halides is 3. The number of aromatic nitrogens is 1. The zero-order valence-corrected chi connectivity index (χ0v) is 13.2. The molecule has 7 heteroatoms. The smallest absolute Gasteiger partial charge is 0.376 e. The van der Waals surface area contributed by atoms with Crippen LogP contribution < -0.4 is 5.32 Å². The van der Waals surface area contributed by atoms with Gasteiger partial charge in [0.05, 0.1) is 12.1 Å². The summed E-state index contributed by atoms with van der Waals surface area (Å²) in [6.07, 6.45) is -2.10. The summed E-state index contributed by atoms with van der Waals surface area (Å²) in [5.41, 5.74) is 0.391. The molecule has 0 bridgehead atoms.